The van der Waals surface area contributed by atoms with Gasteiger partial charge in [-0.1, -0.05) is 173 Å². The van der Waals surface area contributed by atoms with Crippen molar-refractivity contribution in [1.29, 1.82) is 0 Å². The average Bonchev–Trinajstić information content (AvgIpc) is 3.70. The molecule has 0 aromatic rings. The van der Waals surface area contributed by atoms with Crippen LogP contribution in [-0.4, -0.2) is 83.0 Å². The summed E-state index contributed by atoms with van der Waals surface area (Å²) in [6.07, 6.45) is 42.5. The maximum absolute atomic E-state index is 17.6. The summed E-state index contributed by atoms with van der Waals surface area (Å²) in [5.74, 6) is -3.94. The van der Waals surface area contributed by atoms with Crippen LogP contribution < -0.4 is 0 Å². The van der Waals surface area contributed by atoms with E-state index in [0.717, 1.165) is 77.0 Å². The normalized spacial score (nSPS) is 26.8. The Morgan fingerprint density at radius 3 is 1.72 bits per heavy atom. The lowest BCUT2D eigenvalue weighted by Crippen LogP contribution is -2.69. The predicted molar refractivity (Wildman–Crippen MR) is 308 cm³/mol. The van der Waals surface area contributed by atoms with Crippen LogP contribution in [0.4, 0.5) is 4.39 Å². The lowest BCUT2D eigenvalue weighted by molar-refractivity contribution is -0.220. The summed E-state index contributed by atoms with van der Waals surface area (Å²) in [5.41, 5.74) is -5.86. The van der Waals surface area contributed by atoms with E-state index in [0.29, 0.717) is 37.7 Å². The van der Waals surface area contributed by atoms with Gasteiger partial charge in [-0.15, -0.1) is 0 Å². The fourth-order valence-electron chi connectivity index (χ4n) is 13.3. The lowest BCUT2D eigenvalue weighted by Gasteiger charge is -2.62. The van der Waals surface area contributed by atoms with E-state index in [1.807, 2.05) is 0 Å². The van der Waals surface area contributed by atoms with E-state index in [-0.39, 0.29) is 62.8 Å². The largest absolute Gasteiger partial charge is 0.495 e. The van der Waals surface area contributed by atoms with Gasteiger partial charge < -0.3 is 29.2 Å². The van der Waals surface area contributed by atoms with Gasteiger partial charge in [0, 0.05) is 36.0 Å². The molecule has 0 spiro atoms. The van der Waals surface area contributed by atoms with Crippen molar-refractivity contribution in [3.63, 3.8) is 0 Å². The molecule has 3 fully saturated rings. The number of halogens is 1. The predicted octanol–water partition coefficient (Wildman–Crippen LogP) is 15.3. The van der Waals surface area contributed by atoms with Crippen LogP contribution in [0.1, 0.15) is 253 Å². The molecule has 4 aliphatic carbocycles. The standard InChI is InChI=1S/C66H105FO11/c1-7-9-11-13-15-17-19-21-23-25-27-29-31-33-35-37-60(71)76-49-55(78-62(73)38-36-34-32-30-28-26-24-22-20-18-16-14-12-10-8-2)48-75-52(4)39-42-61(72)77-50-59(70)66(74)51(3)45-57-56-41-40-53-46-54(68)43-44-63(53,5)65(56,67)58(69)47-64(57,66)6/h21-24,43-44,46,51,55-58,69,74H,4,7-20,25-42,45,47-50H2,1-3,5-6H3/b23-21-,24-22-/t51-,55?,56?,57?,58?,63?,64?,65+,66+/m1/s1. The molecule has 2 N–H and O–H groups in total. The minimum atomic E-state index is -2.11. The monoisotopic (exact) mass is 1090 g/mol. The Morgan fingerprint density at radius 2 is 1.17 bits per heavy atom. The van der Waals surface area contributed by atoms with Gasteiger partial charge in [0.05, 0.1) is 18.3 Å². The second-order valence-corrected chi connectivity index (χ2v) is 24.1. The van der Waals surface area contributed by atoms with E-state index >= 15 is 4.39 Å². The lowest BCUT2D eigenvalue weighted by atomic mass is 9.44. The fourth-order valence-corrected chi connectivity index (χ4v) is 13.3. The number of esters is 3. The van der Waals surface area contributed by atoms with Gasteiger partial charge in [-0.2, -0.15) is 0 Å². The molecule has 0 amide bonds. The molecule has 12 heteroatoms. The molecule has 0 heterocycles. The summed E-state index contributed by atoms with van der Waals surface area (Å²) < 4.78 is 40.3. The Hall–Kier alpha value is -3.90. The molecule has 0 aromatic heterocycles. The summed E-state index contributed by atoms with van der Waals surface area (Å²) in [6.45, 7) is 12.6. The second kappa shape index (κ2) is 35.1. The van der Waals surface area contributed by atoms with Crippen LogP contribution in [0, 0.1) is 28.6 Å². The van der Waals surface area contributed by atoms with Gasteiger partial charge in [0.2, 0.25) is 5.78 Å². The van der Waals surface area contributed by atoms with Gasteiger partial charge in [0.25, 0.3) is 0 Å². The quantitative estimate of drug-likeness (QED) is 0.0197. The van der Waals surface area contributed by atoms with Crippen molar-refractivity contribution in [2.75, 3.05) is 19.8 Å². The number of aliphatic hydroxyl groups excluding tert-OH is 1. The Kier molecular flexibility index (Phi) is 29.9. The molecule has 0 aromatic carbocycles. The molecule has 0 aliphatic heterocycles. The molecule has 0 radical (unpaired) electrons. The number of carbonyl (C=O) groups is 5. The van der Waals surface area contributed by atoms with Gasteiger partial charge >= 0.3 is 17.9 Å². The number of aliphatic hydroxyl groups is 2. The van der Waals surface area contributed by atoms with Crippen LogP contribution >= 0.6 is 0 Å². The van der Waals surface area contributed by atoms with Crippen molar-refractivity contribution >= 4 is 29.5 Å². The van der Waals surface area contributed by atoms with Crippen LogP contribution in [0.2, 0.25) is 0 Å². The number of fused-ring (bicyclic) bond motifs is 5. The van der Waals surface area contributed by atoms with Gasteiger partial charge in [-0.05, 0) is 121 Å². The highest BCUT2D eigenvalue weighted by Crippen LogP contribution is 2.70. The number of Topliss-reactive ketones (excluding diaryl/α,β-unsaturated/α-hetero) is 1. The van der Waals surface area contributed by atoms with E-state index < -0.39 is 76.4 Å². The Balaban J connectivity index is 1.19. The molecule has 4 rings (SSSR count). The molecule has 4 aliphatic rings. The summed E-state index contributed by atoms with van der Waals surface area (Å²) in [5, 5.41) is 24.0. The van der Waals surface area contributed by atoms with Crippen LogP contribution in [0.25, 0.3) is 0 Å². The molecule has 442 valence electrons. The maximum atomic E-state index is 17.6. The van der Waals surface area contributed by atoms with Crippen molar-refractivity contribution in [3.05, 3.63) is 60.4 Å². The van der Waals surface area contributed by atoms with Gasteiger partial charge in [-0.25, -0.2) is 4.39 Å². The zero-order valence-corrected chi connectivity index (χ0v) is 49.2. The molecule has 0 bridgehead atoms. The van der Waals surface area contributed by atoms with Crippen LogP contribution in [0.15, 0.2) is 60.4 Å². The number of carbonyl (C=O) groups excluding carboxylic acids is 5. The van der Waals surface area contributed by atoms with Crippen LogP contribution in [0.3, 0.4) is 0 Å². The van der Waals surface area contributed by atoms with E-state index in [1.54, 1.807) is 26.8 Å². The molecule has 78 heavy (non-hydrogen) atoms. The van der Waals surface area contributed by atoms with Crippen molar-refractivity contribution in [2.45, 2.75) is 276 Å². The molecule has 11 nitrogen and oxygen atoms in total. The zero-order chi connectivity index (χ0) is 56.9. The van der Waals surface area contributed by atoms with Crippen molar-refractivity contribution in [3.8, 4) is 0 Å². The average molecular weight is 1090 g/mol. The molecular formula is C66H105FO11. The molecule has 9 atom stereocenters. The van der Waals surface area contributed by atoms with Gasteiger partial charge in [-0.3, -0.25) is 24.0 Å². The number of hydrogen-bond donors (Lipinski definition) is 2. The number of allylic oxidation sites excluding steroid dienone is 9. The first-order chi connectivity index (χ1) is 37.5. The summed E-state index contributed by atoms with van der Waals surface area (Å²) in [4.78, 5) is 65.2. The summed E-state index contributed by atoms with van der Waals surface area (Å²) in [6, 6.07) is 0. The molecule has 6 unspecified atom stereocenters. The number of ether oxygens (including phenoxy) is 4. The molecule has 3 saturated carbocycles. The topological polar surface area (TPSA) is 163 Å². The number of ketones is 2. The summed E-state index contributed by atoms with van der Waals surface area (Å²) in [7, 11) is 0. The first kappa shape index (κ1) is 66.6. The van der Waals surface area contributed by atoms with Crippen molar-refractivity contribution in [2.24, 2.45) is 28.6 Å². The molecule has 0 saturated heterocycles. The first-order valence-electron chi connectivity index (χ1n) is 31.2. The zero-order valence-electron chi connectivity index (χ0n) is 49.2. The third-order valence-corrected chi connectivity index (χ3v) is 18.1. The first-order valence-corrected chi connectivity index (χ1v) is 31.2. The number of unbranched alkanes of at least 4 members (excludes halogenated alkanes) is 22. The third kappa shape index (κ3) is 19.7. The minimum absolute atomic E-state index is 0.0278. The van der Waals surface area contributed by atoms with Crippen molar-refractivity contribution < 1.29 is 57.5 Å². The highest BCUT2D eigenvalue weighted by molar-refractivity contribution is 6.01. The van der Waals surface area contributed by atoms with Crippen LogP contribution in [0.5, 0.6) is 0 Å². The highest BCUT2D eigenvalue weighted by atomic mass is 19.1. The Bertz CT molecular complexity index is 1990. The third-order valence-electron chi connectivity index (χ3n) is 18.1. The van der Waals surface area contributed by atoms with Gasteiger partial charge in [0.1, 0.15) is 18.8 Å². The SMILES string of the molecule is C=C(CCC(=O)OCC(=O)[C@@]1(O)[C@H](C)CC2C3CCC4=CC(=O)C=CC4(C)[C@@]3(F)C(O)CC21C)OCC(COC(=O)CCCCCCC/C=C\CCCCCCCC)OC(=O)CCCCCCC/C=C\CCCCCCCC. The van der Waals surface area contributed by atoms with Crippen molar-refractivity contribution in [1.82, 2.24) is 0 Å². The second-order valence-electron chi connectivity index (χ2n) is 24.1. The van der Waals surface area contributed by atoms with Gasteiger partial charge in [0.15, 0.2) is 24.2 Å². The Labute approximate surface area is 470 Å². The minimum Gasteiger partial charge on any atom is -0.495 e. The number of alkyl halides is 1. The van der Waals surface area contributed by atoms with E-state index in [4.69, 9.17) is 18.9 Å². The summed E-state index contributed by atoms with van der Waals surface area (Å²) >= 11 is 0. The highest BCUT2D eigenvalue weighted by Gasteiger charge is 2.75. The Morgan fingerprint density at radius 1 is 0.679 bits per heavy atom. The smallest absolute Gasteiger partial charge is 0.306 e. The van der Waals surface area contributed by atoms with Crippen LogP contribution in [-0.2, 0) is 42.9 Å². The molecular weight excluding hydrogens is 988 g/mol. The van der Waals surface area contributed by atoms with E-state index in [2.05, 4.69) is 44.7 Å². The fraction of sp³-hybridized carbons (Fsp3) is 0.773. The maximum Gasteiger partial charge on any atom is 0.306 e. The number of rotatable bonds is 42. The van der Waals surface area contributed by atoms with E-state index in [9.17, 15) is 34.2 Å². The number of hydrogen-bond acceptors (Lipinski definition) is 11. The van der Waals surface area contributed by atoms with E-state index in [1.165, 1.54) is 89.2 Å².